The van der Waals surface area contributed by atoms with Gasteiger partial charge in [-0.1, -0.05) is 20.8 Å². The maximum atomic E-state index is 12.2. The van der Waals surface area contributed by atoms with Gasteiger partial charge in [0, 0.05) is 13.1 Å². The van der Waals surface area contributed by atoms with Gasteiger partial charge in [0.15, 0.2) is 0 Å². The summed E-state index contributed by atoms with van der Waals surface area (Å²) in [6, 6.07) is 0.0938. The van der Waals surface area contributed by atoms with Crippen molar-refractivity contribution in [3.05, 3.63) is 0 Å². The summed E-state index contributed by atoms with van der Waals surface area (Å²) in [6.07, 6.45) is 5.53. The van der Waals surface area contributed by atoms with Crippen molar-refractivity contribution >= 4 is 5.91 Å². The molecule has 0 unspecified atom stereocenters. The molecule has 0 aromatic heterocycles. The van der Waals surface area contributed by atoms with Crippen LogP contribution in [0.2, 0.25) is 0 Å². The topological polar surface area (TPSA) is 46.3 Å². The first-order valence-corrected chi connectivity index (χ1v) is 6.94. The quantitative estimate of drug-likeness (QED) is 0.820. The van der Waals surface area contributed by atoms with Crippen molar-refractivity contribution in [2.75, 3.05) is 7.05 Å². The van der Waals surface area contributed by atoms with Crippen LogP contribution in [0.25, 0.3) is 0 Å². The zero-order valence-corrected chi connectivity index (χ0v) is 11.8. The van der Waals surface area contributed by atoms with Crippen LogP contribution in [0, 0.1) is 11.8 Å². The molecular formula is C14H28N2O. The van der Waals surface area contributed by atoms with Gasteiger partial charge in [-0.3, -0.25) is 4.79 Å². The number of likely N-dealkylation sites (N-methyl/N-ethyl adjacent to an activating group) is 1. The van der Waals surface area contributed by atoms with Gasteiger partial charge < -0.3 is 10.6 Å². The first-order chi connectivity index (χ1) is 7.91. The summed E-state index contributed by atoms with van der Waals surface area (Å²) in [7, 11) is 1.92. The van der Waals surface area contributed by atoms with Gasteiger partial charge in [0.2, 0.25) is 5.91 Å². The van der Waals surface area contributed by atoms with E-state index in [1.807, 2.05) is 11.9 Å². The predicted molar refractivity (Wildman–Crippen MR) is 71.6 cm³/mol. The molecule has 1 aliphatic rings. The number of nitrogens with zero attached hydrogens (tertiary/aromatic N) is 1. The molecule has 1 amide bonds. The Balaban J connectivity index is 2.45. The summed E-state index contributed by atoms with van der Waals surface area (Å²) in [5.41, 5.74) is 5.96. The molecular weight excluding hydrogens is 212 g/mol. The van der Waals surface area contributed by atoms with Gasteiger partial charge >= 0.3 is 0 Å². The van der Waals surface area contributed by atoms with Gasteiger partial charge in [-0.05, 0) is 43.9 Å². The van der Waals surface area contributed by atoms with Crippen molar-refractivity contribution in [1.82, 2.24) is 4.90 Å². The number of hydrogen-bond acceptors (Lipinski definition) is 2. The standard InChI is InChI=1S/C14H28N2O/c1-10(2)9-13(15)14(17)16(4)12-7-5-11(3)6-8-12/h10-13H,5-9,15H2,1-4H3/t11?,12?,13-/m1/s1. The lowest BCUT2D eigenvalue weighted by molar-refractivity contribution is -0.134. The van der Waals surface area contributed by atoms with Crippen molar-refractivity contribution < 1.29 is 4.79 Å². The summed E-state index contributed by atoms with van der Waals surface area (Å²) in [4.78, 5) is 14.1. The summed E-state index contributed by atoms with van der Waals surface area (Å²) in [5, 5.41) is 0. The molecule has 0 aliphatic heterocycles. The average molecular weight is 240 g/mol. The second kappa shape index (κ2) is 6.39. The normalized spacial score (nSPS) is 26.9. The van der Waals surface area contributed by atoms with Gasteiger partial charge in [-0.2, -0.15) is 0 Å². The third-order valence-corrected chi connectivity index (χ3v) is 3.92. The van der Waals surface area contributed by atoms with Crippen molar-refractivity contribution in [1.29, 1.82) is 0 Å². The van der Waals surface area contributed by atoms with E-state index in [-0.39, 0.29) is 11.9 Å². The van der Waals surface area contributed by atoms with Crippen molar-refractivity contribution in [2.45, 2.75) is 65.0 Å². The minimum Gasteiger partial charge on any atom is -0.341 e. The molecule has 0 aromatic carbocycles. The molecule has 3 heteroatoms. The fourth-order valence-corrected chi connectivity index (χ4v) is 2.68. The highest BCUT2D eigenvalue weighted by Gasteiger charge is 2.27. The van der Waals surface area contributed by atoms with Gasteiger partial charge in [-0.25, -0.2) is 0 Å². The fraction of sp³-hybridized carbons (Fsp3) is 0.929. The van der Waals surface area contributed by atoms with E-state index in [0.717, 1.165) is 25.2 Å². The molecule has 17 heavy (non-hydrogen) atoms. The Morgan fingerprint density at radius 2 is 1.82 bits per heavy atom. The van der Waals surface area contributed by atoms with E-state index in [9.17, 15) is 4.79 Å². The third-order valence-electron chi connectivity index (χ3n) is 3.92. The monoisotopic (exact) mass is 240 g/mol. The zero-order valence-electron chi connectivity index (χ0n) is 11.8. The number of rotatable bonds is 4. The first kappa shape index (κ1) is 14.5. The van der Waals surface area contributed by atoms with E-state index >= 15 is 0 Å². The van der Waals surface area contributed by atoms with E-state index in [1.165, 1.54) is 12.8 Å². The van der Waals surface area contributed by atoms with Crippen LogP contribution in [0.15, 0.2) is 0 Å². The summed E-state index contributed by atoms with van der Waals surface area (Å²) in [6.45, 7) is 6.51. The molecule has 3 nitrogen and oxygen atoms in total. The molecule has 0 heterocycles. The highest BCUT2D eigenvalue weighted by molar-refractivity contribution is 5.81. The van der Waals surface area contributed by atoms with E-state index in [2.05, 4.69) is 20.8 Å². The van der Waals surface area contributed by atoms with Crippen molar-refractivity contribution in [3.63, 3.8) is 0 Å². The minimum atomic E-state index is -0.320. The highest BCUT2D eigenvalue weighted by Crippen LogP contribution is 2.26. The molecule has 1 rings (SSSR count). The predicted octanol–water partition coefficient (Wildman–Crippen LogP) is 2.40. The molecule has 1 aliphatic carbocycles. The minimum absolute atomic E-state index is 0.123. The first-order valence-electron chi connectivity index (χ1n) is 6.94. The van der Waals surface area contributed by atoms with Crippen LogP contribution < -0.4 is 5.73 Å². The van der Waals surface area contributed by atoms with Crippen molar-refractivity contribution in [3.8, 4) is 0 Å². The van der Waals surface area contributed by atoms with Crippen LogP contribution in [0.3, 0.4) is 0 Å². The van der Waals surface area contributed by atoms with Gasteiger partial charge in [0.25, 0.3) is 0 Å². The Labute approximate surface area is 106 Å². The fourth-order valence-electron chi connectivity index (χ4n) is 2.68. The molecule has 100 valence electrons. The maximum absolute atomic E-state index is 12.2. The van der Waals surface area contributed by atoms with E-state index in [4.69, 9.17) is 5.73 Å². The Bertz CT molecular complexity index is 245. The second-order valence-corrected chi connectivity index (χ2v) is 6.10. The average Bonchev–Trinajstić information content (AvgIpc) is 2.27. The Morgan fingerprint density at radius 3 is 2.29 bits per heavy atom. The Kier molecular flexibility index (Phi) is 5.44. The zero-order chi connectivity index (χ0) is 13.0. The number of hydrogen-bond donors (Lipinski definition) is 1. The summed E-state index contributed by atoms with van der Waals surface area (Å²) in [5.74, 6) is 1.42. The SMILES string of the molecule is CC(C)C[C@@H](N)C(=O)N(C)C1CCC(C)CC1. The van der Waals surface area contributed by atoms with Gasteiger partial charge in [0.05, 0.1) is 6.04 Å². The Hall–Kier alpha value is -0.570. The lowest BCUT2D eigenvalue weighted by Crippen LogP contribution is -2.47. The Morgan fingerprint density at radius 1 is 1.29 bits per heavy atom. The van der Waals surface area contributed by atoms with Crippen LogP contribution in [0.1, 0.15) is 52.9 Å². The molecule has 1 saturated carbocycles. The largest absolute Gasteiger partial charge is 0.341 e. The second-order valence-electron chi connectivity index (χ2n) is 6.10. The van der Waals surface area contributed by atoms with Crippen molar-refractivity contribution in [2.24, 2.45) is 17.6 Å². The maximum Gasteiger partial charge on any atom is 0.239 e. The smallest absolute Gasteiger partial charge is 0.239 e. The molecule has 1 fully saturated rings. The van der Waals surface area contributed by atoms with Gasteiger partial charge in [-0.15, -0.1) is 0 Å². The van der Waals surface area contributed by atoms with Crippen LogP contribution in [0.4, 0.5) is 0 Å². The summed E-state index contributed by atoms with van der Waals surface area (Å²) >= 11 is 0. The number of carbonyl (C=O) groups is 1. The van der Waals surface area contributed by atoms with Gasteiger partial charge in [0.1, 0.15) is 0 Å². The van der Waals surface area contributed by atoms with Crippen LogP contribution in [-0.4, -0.2) is 29.9 Å². The van der Waals surface area contributed by atoms with E-state index < -0.39 is 0 Å². The molecule has 0 spiro atoms. The third kappa shape index (κ3) is 4.30. The molecule has 0 aromatic rings. The van der Waals surface area contributed by atoms with Crippen LogP contribution in [-0.2, 0) is 4.79 Å². The number of amides is 1. The lowest BCUT2D eigenvalue weighted by Gasteiger charge is -2.35. The molecule has 2 N–H and O–H groups in total. The van der Waals surface area contributed by atoms with Crippen LogP contribution >= 0.6 is 0 Å². The van der Waals surface area contributed by atoms with E-state index in [1.54, 1.807) is 0 Å². The van der Waals surface area contributed by atoms with E-state index in [0.29, 0.717) is 12.0 Å². The highest BCUT2D eigenvalue weighted by atomic mass is 16.2. The van der Waals surface area contributed by atoms with Crippen LogP contribution in [0.5, 0.6) is 0 Å². The number of nitrogens with two attached hydrogens (primary N) is 1. The molecule has 1 atom stereocenters. The molecule has 0 bridgehead atoms. The lowest BCUT2D eigenvalue weighted by atomic mass is 9.86. The molecule has 0 radical (unpaired) electrons. The number of carbonyl (C=O) groups excluding carboxylic acids is 1. The summed E-state index contributed by atoms with van der Waals surface area (Å²) < 4.78 is 0. The molecule has 0 saturated heterocycles.